The third-order valence-corrected chi connectivity index (χ3v) is 1.21. The zero-order valence-electron chi connectivity index (χ0n) is 8.49. The smallest absolute Gasteiger partial charge is 1.00 e. The average Bonchev–Trinajstić information content (AvgIpc) is 1.91. The van der Waals surface area contributed by atoms with E-state index in [1.165, 1.54) is 32.1 Å². The zero-order valence-corrected chi connectivity index (χ0v) is 10.4. The average molecular weight is 193 g/mol. The fourth-order valence-electron chi connectivity index (χ4n) is 0.677. The van der Waals surface area contributed by atoms with Crippen molar-refractivity contribution in [3.05, 3.63) is 0 Å². The van der Waals surface area contributed by atoms with Crippen LogP contribution < -0.4 is 12.4 Å². The largest absolute Gasteiger partial charge is 1.00 e. The van der Waals surface area contributed by atoms with Crippen LogP contribution in [-0.4, -0.2) is 15.2 Å². The Labute approximate surface area is 85.3 Å². The molecule has 0 aliphatic carbocycles. The van der Waals surface area contributed by atoms with E-state index in [0.29, 0.717) is 0 Å². The molecule has 0 saturated carbocycles. The van der Waals surface area contributed by atoms with Crippen LogP contribution >= 0.6 is 0 Å². The van der Waals surface area contributed by atoms with E-state index in [2.05, 4.69) is 25.4 Å². The first-order valence-electron chi connectivity index (χ1n) is 4.57. The standard InChI is InChI=1S/C7H16.2CH3.Al.ClH/c1-3-5-7-6-4-2;;;;/h3-7H2,1-2H3;2*1H3;;1H/q;;;+1;/p-1. The number of hydrogen-bond acceptors (Lipinski definition) is 0. The van der Waals surface area contributed by atoms with Crippen molar-refractivity contribution in [1.82, 2.24) is 0 Å². The van der Waals surface area contributed by atoms with Gasteiger partial charge in [0.15, 0.2) is 0 Å². The summed E-state index contributed by atoms with van der Waals surface area (Å²) in [5.41, 5.74) is 0. The molecule has 0 bridgehead atoms. The van der Waals surface area contributed by atoms with Crippen LogP contribution in [0, 0.1) is 0 Å². The maximum Gasteiger partial charge on any atom is -1.00 e. The van der Waals surface area contributed by atoms with Crippen molar-refractivity contribution < 1.29 is 12.4 Å². The third kappa shape index (κ3) is 36.2. The van der Waals surface area contributed by atoms with Crippen LogP contribution in [0.5, 0.6) is 0 Å². The maximum absolute atomic E-state index is 2.25. The van der Waals surface area contributed by atoms with Gasteiger partial charge in [-0.15, -0.1) is 0 Å². The van der Waals surface area contributed by atoms with Gasteiger partial charge in [0.1, 0.15) is 0 Å². The van der Waals surface area contributed by atoms with Crippen LogP contribution in [0.2, 0.25) is 11.6 Å². The molecule has 2 heteroatoms. The van der Waals surface area contributed by atoms with E-state index < -0.39 is 0 Å². The Morgan fingerprint density at radius 3 is 1.27 bits per heavy atom. The molecule has 0 aliphatic heterocycles. The van der Waals surface area contributed by atoms with E-state index >= 15 is 0 Å². The van der Waals surface area contributed by atoms with Crippen molar-refractivity contribution in [1.29, 1.82) is 0 Å². The van der Waals surface area contributed by atoms with Gasteiger partial charge in [-0.2, -0.15) is 0 Å². The van der Waals surface area contributed by atoms with Crippen molar-refractivity contribution in [2.75, 3.05) is 0 Å². The monoisotopic (exact) mass is 192 g/mol. The third-order valence-electron chi connectivity index (χ3n) is 1.21. The zero-order chi connectivity index (χ0) is 8.24. The molecular weight excluding hydrogens is 171 g/mol. The molecule has 0 rings (SSSR count). The Balaban J connectivity index is -0.000000140. The van der Waals surface area contributed by atoms with Crippen molar-refractivity contribution in [2.24, 2.45) is 0 Å². The Kier molecular flexibility index (Phi) is 36.3. The second-order valence-electron chi connectivity index (χ2n) is 2.64. The summed E-state index contributed by atoms with van der Waals surface area (Å²) in [7, 11) is 0. The number of halogens is 1. The van der Waals surface area contributed by atoms with Gasteiger partial charge in [-0.3, -0.25) is 0 Å². The van der Waals surface area contributed by atoms with Gasteiger partial charge in [-0.25, -0.2) is 0 Å². The van der Waals surface area contributed by atoms with E-state index in [9.17, 15) is 0 Å². The molecule has 0 nitrogen and oxygen atoms in total. The number of hydrogen-bond donors (Lipinski definition) is 0. The molecular formula is C9H22AlCl. The van der Waals surface area contributed by atoms with Crippen molar-refractivity contribution >= 4 is 15.2 Å². The van der Waals surface area contributed by atoms with Gasteiger partial charge in [0.25, 0.3) is 0 Å². The molecule has 0 saturated heterocycles. The molecule has 0 unspecified atom stereocenters. The molecule has 0 aromatic rings. The van der Waals surface area contributed by atoms with Crippen LogP contribution in [-0.2, 0) is 0 Å². The van der Waals surface area contributed by atoms with Gasteiger partial charge in [0, 0.05) is 0 Å². The summed E-state index contributed by atoms with van der Waals surface area (Å²) in [5, 5.41) is 0. The van der Waals surface area contributed by atoms with Crippen LogP contribution in [0.3, 0.4) is 0 Å². The summed E-state index contributed by atoms with van der Waals surface area (Å²) in [6, 6.07) is 0. The molecule has 0 aromatic carbocycles. The van der Waals surface area contributed by atoms with Crippen LogP contribution in [0.15, 0.2) is 0 Å². The van der Waals surface area contributed by atoms with Crippen molar-refractivity contribution in [2.45, 2.75) is 57.5 Å². The summed E-state index contributed by atoms with van der Waals surface area (Å²) in [6.45, 7) is 4.49. The van der Waals surface area contributed by atoms with Crippen LogP contribution in [0.1, 0.15) is 46.0 Å². The number of rotatable bonds is 4. The summed E-state index contributed by atoms with van der Waals surface area (Å²) >= 11 is 0.750. The molecule has 0 heterocycles. The fraction of sp³-hybridized carbons (Fsp3) is 1.00. The van der Waals surface area contributed by atoms with Gasteiger partial charge in [0.05, 0.1) is 0 Å². The van der Waals surface area contributed by atoms with Gasteiger partial charge >= 0.3 is 26.8 Å². The molecule has 0 atom stereocenters. The summed E-state index contributed by atoms with van der Waals surface area (Å²) < 4.78 is 0. The van der Waals surface area contributed by atoms with E-state index in [4.69, 9.17) is 0 Å². The molecule has 11 heavy (non-hydrogen) atoms. The van der Waals surface area contributed by atoms with Gasteiger partial charge < -0.3 is 12.4 Å². The summed E-state index contributed by atoms with van der Waals surface area (Å²) in [4.78, 5) is 0. The SMILES string of the molecule is CCCCCCC.[CH3][Al+][CH3].[Cl-]. The Hall–Kier alpha value is 0.822. The first kappa shape index (κ1) is 17.8. The van der Waals surface area contributed by atoms with E-state index in [1.54, 1.807) is 0 Å². The normalized spacial score (nSPS) is 6.91. The van der Waals surface area contributed by atoms with Gasteiger partial charge in [0.2, 0.25) is 0 Å². The molecule has 0 spiro atoms. The predicted octanol–water partition coefficient (Wildman–Crippen LogP) is 0.768. The topological polar surface area (TPSA) is 0 Å². The summed E-state index contributed by atoms with van der Waals surface area (Å²) in [5.74, 6) is 4.42. The quantitative estimate of drug-likeness (QED) is 0.456. The molecule has 0 aliphatic rings. The van der Waals surface area contributed by atoms with Crippen molar-refractivity contribution in [3.63, 3.8) is 0 Å². The Bertz CT molecular complexity index is 36.5. The van der Waals surface area contributed by atoms with Gasteiger partial charge in [-0.1, -0.05) is 46.0 Å². The van der Waals surface area contributed by atoms with E-state index in [1.807, 2.05) is 0 Å². The second kappa shape index (κ2) is 22.4. The molecule has 68 valence electrons. The minimum Gasteiger partial charge on any atom is -1.00 e. The van der Waals surface area contributed by atoms with Crippen molar-refractivity contribution in [3.8, 4) is 0 Å². The molecule has 0 fully saturated rings. The molecule has 0 amide bonds. The van der Waals surface area contributed by atoms with E-state index in [-0.39, 0.29) is 12.4 Å². The second-order valence-corrected chi connectivity index (χ2v) is 3.79. The fourth-order valence-corrected chi connectivity index (χ4v) is 0.677. The Morgan fingerprint density at radius 1 is 0.818 bits per heavy atom. The minimum absolute atomic E-state index is 0. The minimum atomic E-state index is 0. The van der Waals surface area contributed by atoms with Gasteiger partial charge in [-0.05, 0) is 0 Å². The van der Waals surface area contributed by atoms with Crippen LogP contribution in [0.4, 0.5) is 0 Å². The first-order valence-corrected chi connectivity index (χ1v) is 6.88. The van der Waals surface area contributed by atoms with E-state index in [0.717, 1.165) is 15.2 Å². The van der Waals surface area contributed by atoms with Crippen LogP contribution in [0.25, 0.3) is 0 Å². The molecule has 0 radical (unpaired) electrons. The maximum atomic E-state index is 2.25. The molecule has 0 aromatic heterocycles. The summed E-state index contributed by atoms with van der Waals surface area (Å²) in [6.07, 6.45) is 7.01. The number of unbranched alkanes of at least 4 members (excludes halogenated alkanes) is 4. The first-order chi connectivity index (χ1) is 4.83. The Morgan fingerprint density at radius 2 is 1.09 bits per heavy atom. The predicted molar refractivity (Wildman–Crippen MR) is 51.9 cm³/mol. The molecule has 0 N–H and O–H groups in total.